The molecule has 0 atom stereocenters. The Balaban J connectivity index is 1.03. The number of nitrogens with one attached hydrogen (secondary N) is 1. The monoisotopic (exact) mass is 732 g/mol. The van der Waals surface area contributed by atoms with E-state index in [1.807, 2.05) is 48.3 Å². The number of nitrogens with two attached hydrogens (primary N) is 1. The molecule has 55 heavy (non-hydrogen) atoms. The molecule has 2 saturated heterocycles. The number of imidazole rings is 1. The van der Waals surface area contributed by atoms with Gasteiger partial charge in [0.1, 0.15) is 23.2 Å². The minimum absolute atomic E-state index is 0.116. The number of likely N-dealkylation sites (tertiary alicyclic amines) is 1. The normalized spacial score (nSPS) is 15.5. The van der Waals surface area contributed by atoms with Crippen LogP contribution in [0.4, 0.5) is 17.3 Å². The summed E-state index contributed by atoms with van der Waals surface area (Å²) in [6.07, 6.45) is 7.15. The lowest BCUT2D eigenvalue weighted by Gasteiger charge is -2.37. The van der Waals surface area contributed by atoms with E-state index in [0.717, 1.165) is 97.8 Å². The Morgan fingerprint density at radius 3 is 2.44 bits per heavy atom. The molecule has 0 aliphatic carbocycles. The Bertz CT molecular complexity index is 2350. The quantitative estimate of drug-likeness (QED) is 0.182. The van der Waals surface area contributed by atoms with Gasteiger partial charge >= 0.3 is 0 Å². The fourth-order valence-electron chi connectivity index (χ4n) is 7.73. The Hall–Kier alpha value is -6.39. The molecule has 13 heteroatoms. The number of carbonyl (C=O) groups excluding carboxylic acids is 1. The first-order valence-corrected chi connectivity index (χ1v) is 18.8. The third kappa shape index (κ3) is 7.67. The zero-order valence-corrected chi connectivity index (χ0v) is 31.1. The van der Waals surface area contributed by atoms with Gasteiger partial charge in [0.05, 0.1) is 11.3 Å². The smallest absolute Gasteiger partial charge is 0.234 e. The van der Waals surface area contributed by atoms with Crippen molar-refractivity contribution in [2.45, 2.75) is 51.2 Å². The number of benzene rings is 2. The van der Waals surface area contributed by atoms with Gasteiger partial charge in [-0.15, -0.1) is 0 Å². The number of piperidine rings is 2. The summed E-state index contributed by atoms with van der Waals surface area (Å²) >= 11 is 0. The van der Waals surface area contributed by atoms with Crippen molar-refractivity contribution in [1.29, 1.82) is 5.26 Å². The summed E-state index contributed by atoms with van der Waals surface area (Å²) in [7, 11) is 1.90. The number of hydrogen-bond acceptors (Lipinski definition) is 11. The predicted molar refractivity (Wildman–Crippen MR) is 214 cm³/mol. The molecule has 2 fully saturated rings. The second kappa shape index (κ2) is 15.5. The summed E-state index contributed by atoms with van der Waals surface area (Å²) in [6.45, 7) is 6.17. The molecule has 3 N–H and O–H groups in total. The largest absolute Gasteiger partial charge is 0.383 e. The molecular weight excluding hydrogens is 689 g/mol. The molecule has 6 aromatic rings. The molecule has 13 nitrogen and oxygen atoms in total. The highest BCUT2D eigenvalue weighted by molar-refractivity contribution is 5.85. The highest BCUT2D eigenvalue weighted by atomic mass is 16.2. The maximum Gasteiger partial charge on any atom is 0.234 e. The van der Waals surface area contributed by atoms with E-state index >= 15 is 0 Å². The Labute approximate surface area is 320 Å². The second-order valence-corrected chi connectivity index (χ2v) is 14.4. The van der Waals surface area contributed by atoms with Crippen LogP contribution >= 0.6 is 0 Å². The Morgan fingerprint density at radius 1 is 0.891 bits per heavy atom. The Morgan fingerprint density at radius 2 is 1.69 bits per heavy atom. The number of nitrogens with zero attached hydrogens (tertiary/aromatic N) is 10. The summed E-state index contributed by atoms with van der Waals surface area (Å²) < 4.78 is 2.08. The molecule has 1 amide bonds. The van der Waals surface area contributed by atoms with Crippen LogP contribution in [0.3, 0.4) is 0 Å². The van der Waals surface area contributed by atoms with E-state index in [0.29, 0.717) is 23.5 Å². The number of fused-ring (bicyclic) bond motifs is 1. The van der Waals surface area contributed by atoms with Crippen molar-refractivity contribution in [3.8, 4) is 34.4 Å². The SMILES string of the molecule is CC(=O)N(C)C1CCN(c2cccc(-c3ccc4nc(-c5cccnc5N)n(-c5ccc(CN6CCC(Nc7ccnc(C#N)n7)CC6)cc5)c4n3)c2)CC1. The Kier molecular flexibility index (Phi) is 10.1. The van der Waals surface area contributed by atoms with Crippen LogP contribution in [0.1, 0.15) is 44.0 Å². The van der Waals surface area contributed by atoms with Gasteiger partial charge < -0.3 is 20.9 Å². The third-order valence-electron chi connectivity index (χ3n) is 10.9. The van der Waals surface area contributed by atoms with E-state index in [9.17, 15) is 4.79 Å². The lowest BCUT2D eigenvalue weighted by atomic mass is 10.0. The molecule has 6 heterocycles. The summed E-state index contributed by atoms with van der Waals surface area (Å²) in [5, 5.41) is 12.6. The van der Waals surface area contributed by atoms with Crippen molar-refractivity contribution >= 4 is 34.4 Å². The van der Waals surface area contributed by atoms with Crippen LogP contribution in [0.5, 0.6) is 0 Å². The number of aromatic nitrogens is 6. The molecule has 278 valence electrons. The first-order chi connectivity index (χ1) is 26.8. The van der Waals surface area contributed by atoms with Gasteiger partial charge in [0.2, 0.25) is 11.7 Å². The molecule has 0 spiro atoms. The van der Waals surface area contributed by atoms with E-state index in [1.54, 1.807) is 19.3 Å². The molecule has 2 aromatic carbocycles. The minimum Gasteiger partial charge on any atom is -0.383 e. The van der Waals surface area contributed by atoms with Gasteiger partial charge in [-0.1, -0.05) is 24.3 Å². The molecule has 8 rings (SSSR count). The molecule has 4 aromatic heterocycles. The molecule has 0 radical (unpaired) electrons. The summed E-state index contributed by atoms with van der Waals surface area (Å²) in [5.41, 5.74) is 13.9. The van der Waals surface area contributed by atoms with E-state index < -0.39 is 0 Å². The highest BCUT2D eigenvalue weighted by Gasteiger charge is 2.25. The average molecular weight is 733 g/mol. The predicted octanol–water partition coefficient (Wildman–Crippen LogP) is 5.92. The summed E-state index contributed by atoms with van der Waals surface area (Å²) in [4.78, 5) is 41.6. The highest BCUT2D eigenvalue weighted by Crippen LogP contribution is 2.33. The van der Waals surface area contributed by atoms with Crippen molar-refractivity contribution in [1.82, 2.24) is 39.3 Å². The zero-order chi connectivity index (χ0) is 37.9. The van der Waals surface area contributed by atoms with Crippen molar-refractivity contribution in [2.24, 2.45) is 0 Å². The zero-order valence-electron chi connectivity index (χ0n) is 31.1. The van der Waals surface area contributed by atoms with Gasteiger partial charge in [0.25, 0.3) is 0 Å². The van der Waals surface area contributed by atoms with E-state index in [-0.39, 0.29) is 17.8 Å². The maximum absolute atomic E-state index is 11.9. The van der Waals surface area contributed by atoms with Crippen LogP contribution in [0, 0.1) is 11.3 Å². The van der Waals surface area contributed by atoms with Crippen molar-refractivity contribution in [3.63, 3.8) is 0 Å². The van der Waals surface area contributed by atoms with Crippen LogP contribution < -0.4 is 16.0 Å². The van der Waals surface area contributed by atoms with Gasteiger partial charge in [0, 0.05) is 88.1 Å². The lowest BCUT2D eigenvalue weighted by Crippen LogP contribution is -2.45. The van der Waals surface area contributed by atoms with Gasteiger partial charge in [-0.05, 0) is 85.8 Å². The number of nitrogen functional groups attached to an aromatic ring is 1. The number of rotatable bonds is 9. The number of nitriles is 1. The van der Waals surface area contributed by atoms with Crippen molar-refractivity contribution in [2.75, 3.05) is 49.2 Å². The number of anilines is 3. The summed E-state index contributed by atoms with van der Waals surface area (Å²) in [5.74, 6) is 2.08. The van der Waals surface area contributed by atoms with Gasteiger partial charge in [-0.2, -0.15) is 5.26 Å². The lowest BCUT2D eigenvalue weighted by molar-refractivity contribution is -0.129. The van der Waals surface area contributed by atoms with Crippen LogP contribution in [0.2, 0.25) is 0 Å². The van der Waals surface area contributed by atoms with Crippen molar-refractivity contribution in [3.05, 3.63) is 103 Å². The second-order valence-electron chi connectivity index (χ2n) is 14.4. The minimum atomic E-state index is 0.116. The first kappa shape index (κ1) is 35.6. The summed E-state index contributed by atoms with van der Waals surface area (Å²) in [6, 6.07) is 29.4. The van der Waals surface area contributed by atoms with Gasteiger partial charge in [-0.25, -0.2) is 24.9 Å². The van der Waals surface area contributed by atoms with Crippen LogP contribution in [-0.2, 0) is 11.3 Å². The van der Waals surface area contributed by atoms with Gasteiger partial charge in [0.15, 0.2) is 11.5 Å². The molecule has 2 aliphatic rings. The van der Waals surface area contributed by atoms with E-state index in [2.05, 4.69) is 83.2 Å². The molecule has 2 aliphatic heterocycles. The fourth-order valence-corrected chi connectivity index (χ4v) is 7.73. The standard InChI is InChI=1S/C42H44N12O/c1-28(55)51(2)32-17-23-53(24-18-32)34-6-3-5-30(25-34)36-12-13-37-42(48-36)54(41(49-37)35-7-4-19-46-40(35)44)33-10-8-29(9-11-33)27-52-21-15-31(16-22-52)47-38-14-20-45-39(26-43)50-38/h3-14,19-20,25,31-32H,15-18,21-24,27H2,1-2H3,(H2,44,46)(H,45,47,50). The molecule has 0 unspecified atom stereocenters. The van der Waals surface area contributed by atoms with E-state index in [1.165, 1.54) is 5.56 Å². The molecular formula is C42H44N12O. The first-order valence-electron chi connectivity index (χ1n) is 18.8. The van der Waals surface area contributed by atoms with Crippen molar-refractivity contribution < 1.29 is 4.79 Å². The van der Waals surface area contributed by atoms with Gasteiger partial charge in [-0.3, -0.25) is 14.3 Å². The fraction of sp³-hybridized carbons (Fsp3) is 0.310. The maximum atomic E-state index is 11.9. The van der Waals surface area contributed by atoms with E-state index in [4.69, 9.17) is 21.0 Å². The number of pyridine rings is 2. The molecule has 0 bridgehead atoms. The van der Waals surface area contributed by atoms with Crippen LogP contribution in [-0.4, -0.2) is 90.5 Å². The van der Waals surface area contributed by atoms with Crippen LogP contribution in [0.25, 0.3) is 39.5 Å². The average Bonchev–Trinajstić information content (AvgIpc) is 3.60. The number of hydrogen-bond donors (Lipinski definition) is 2. The topological polar surface area (TPSA) is 158 Å². The third-order valence-corrected chi connectivity index (χ3v) is 10.9. The molecule has 0 saturated carbocycles. The number of carbonyl (C=O) groups is 1. The van der Waals surface area contributed by atoms with Crippen LogP contribution in [0.15, 0.2) is 91.3 Å². The number of amides is 1.